The summed E-state index contributed by atoms with van der Waals surface area (Å²) < 4.78 is 8.64. The maximum Gasteiger partial charge on any atom is 0.269 e. The van der Waals surface area contributed by atoms with Gasteiger partial charge in [0.15, 0.2) is 5.82 Å². The number of aromatic nitrogens is 5. The summed E-state index contributed by atoms with van der Waals surface area (Å²) in [6, 6.07) is 1.84. The molecule has 0 unspecified atom stereocenters. The van der Waals surface area contributed by atoms with E-state index >= 15 is 0 Å². The largest absolute Gasteiger partial charge is 0.385 e. The van der Waals surface area contributed by atoms with Crippen molar-refractivity contribution in [3.8, 4) is 0 Å². The smallest absolute Gasteiger partial charge is 0.269 e. The highest BCUT2D eigenvalue weighted by molar-refractivity contribution is 5.92. The zero-order valence-electron chi connectivity index (χ0n) is 13.2. The molecule has 22 heavy (non-hydrogen) atoms. The van der Waals surface area contributed by atoms with Gasteiger partial charge in [-0.3, -0.25) is 9.48 Å². The van der Waals surface area contributed by atoms with Crippen LogP contribution in [0.3, 0.4) is 0 Å². The van der Waals surface area contributed by atoms with Gasteiger partial charge in [0.1, 0.15) is 12.0 Å². The predicted molar refractivity (Wildman–Crippen MR) is 80.3 cm³/mol. The molecule has 8 heteroatoms. The van der Waals surface area contributed by atoms with Gasteiger partial charge in [-0.1, -0.05) is 0 Å². The van der Waals surface area contributed by atoms with Crippen LogP contribution in [0.5, 0.6) is 0 Å². The van der Waals surface area contributed by atoms with Gasteiger partial charge in [-0.15, -0.1) is 10.2 Å². The van der Waals surface area contributed by atoms with Crippen LogP contribution in [0.4, 0.5) is 0 Å². The SMILES string of the molecule is COCCCn1cnnc1CNC(=O)c1ccnn1C(C)C. The van der Waals surface area contributed by atoms with Crippen molar-refractivity contribution in [2.24, 2.45) is 0 Å². The van der Waals surface area contributed by atoms with Crippen LogP contribution in [0.1, 0.15) is 42.6 Å². The van der Waals surface area contributed by atoms with E-state index in [-0.39, 0.29) is 11.9 Å². The second-order valence-corrected chi connectivity index (χ2v) is 5.22. The minimum Gasteiger partial charge on any atom is -0.385 e. The molecule has 0 atom stereocenters. The Balaban J connectivity index is 1.94. The zero-order valence-corrected chi connectivity index (χ0v) is 13.2. The molecule has 1 amide bonds. The summed E-state index contributed by atoms with van der Waals surface area (Å²) in [5.74, 6) is 0.553. The molecule has 0 fully saturated rings. The second kappa shape index (κ2) is 7.69. The molecule has 1 N–H and O–H groups in total. The van der Waals surface area contributed by atoms with E-state index in [2.05, 4.69) is 20.6 Å². The summed E-state index contributed by atoms with van der Waals surface area (Å²) in [5, 5.41) is 14.9. The van der Waals surface area contributed by atoms with Crippen molar-refractivity contribution >= 4 is 5.91 Å². The lowest BCUT2D eigenvalue weighted by molar-refractivity contribution is 0.0936. The Kier molecular flexibility index (Phi) is 5.65. The van der Waals surface area contributed by atoms with Crippen LogP contribution < -0.4 is 5.32 Å². The van der Waals surface area contributed by atoms with Crippen molar-refractivity contribution in [3.05, 3.63) is 30.1 Å². The molecule has 8 nitrogen and oxygen atoms in total. The maximum absolute atomic E-state index is 12.2. The predicted octanol–water partition coefficient (Wildman–Crippen LogP) is 1.02. The Hall–Kier alpha value is -2.22. The summed E-state index contributed by atoms with van der Waals surface area (Å²) in [4.78, 5) is 12.2. The number of carbonyl (C=O) groups excluding carboxylic acids is 1. The number of ether oxygens (including phenoxy) is 1. The first kappa shape index (κ1) is 16.2. The fraction of sp³-hybridized carbons (Fsp3) is 0.571. The summed E-state index contributed by atoms with van der Waals surface area (Å²) in [7, 11) is 1.67. The number of rotatable bonds is 8. The van der Waals surface area contributed by atoms with Gasteiger partial charge in [-0.05, 0) is 26.3 Å². The number of hydrogen-bond donors (Lipinski definition) is 1. The molecule has 120 valence electrons. The summed E-state index contributed by atoms with van der Waals surface area (Å²) in [5.41, 5.74) is 0.542. The van der Waals surface area contributed by atoms with E-state index in [1.807, 2.05) is 18.4 Å². The van der Waals surface area contributed by atoms with Crippen molar-refractivity contribution in [2.75, 3.05) is 13.7 Å². The van der Waals surface area contributed by atoms with E-state index in [4.69, 9.17) is 4.74 Å². The average molecular weight is 306 g/mol. The van der Waals surface area contributed by atoms with Crippen molar-refractivity contribution in [3.63, 3.8) is 0 Å². The van der Waals surface area contributed by atoms with Crippen LogP contribution in [-0.2, 0) is 17.8 Å². The molecule has 0 spiro atoms. The monoisotopic (exact) mass is 306 g/mol. The Morgan fingerprint density at radius 1 is 1.45 bits per heavy atom. The molecular weight excluding hydrogens is 284 g/mol. The maximum atomic E-state index is 12.2. The molecule has 0 radical (unpaired) electrons. The molecule has 2 rings (SSSR count). The fourth-order valence-corrected chi connectivity index (χ4v) is 2.14. The highest BCUT2D eigenvalue weighted by atomic mass is 16.5. The van der Waals surface area contributed by atoms with E-state index in [9.17, 15) is 4.79 Å². The van der Waals surface area contributed by atoms with Gasteiger partial charge in [0.25, 0.3) is 5.91 Å². The van der Waals surface area contributed by atoms with Crippen LogP contribution in [0.2, 0.25) is 0 Å². The van der Waals surface area contributed by atoms with Gasteiger partial charge in [-0.25, -0.2) is 0 Å². The number of nitrogens with one attached hydrogen (secondary N) is 1. The summed E-state index contributed by atoms with van der Waals surface area (Å²) in [6.45, 7) is 5.73. The molecular formula is C14H22N6O2. The topological polar surface area (TPSA) is 86.9 Å². The molecule has 0 aliphatic heterocycles. The second-order valence-electron chi connectivity index (χ2n) is 5.22. The molecule has 0 aliphatic rings. The molecule has 2 aromatic heterocycles. The van der Waals surface area contributed by atoms with Gasteiger partial charge in [-0.2, -0.15) is 5.10 Å². The normalized spacial score (nSPS) is 11.1. The van der Waals surface area contributed by atoms with E-state index < -0.39 is 0 Å². The lowest BCUT2D eigenvalue weighted by atomic mass is 10.3. The zero-order chi connectivity index (χ0) is 15.9. The minimum absolute atomic E-state index is 0.133. The lowest BCUT2D eigenvalue weighted by Gasteiger charge is -2.11. The molecule has 0 saturated carbocycles. The first-order chi connectivity index (χ1) is 10.6. The fourth-order valence-electron chi connectivity index (χ4n) is 2.14. The Morgan fingerprint density at radius 2 is 2.27 bits per heavy atom. The molecule has 0 saturated heterocycles. The van der Waals surface area contributed by atoms with Crippen LogP contribution >= 0.6 is 0 Å². The average Bonchev–Trinajstić information content (AvgIpc) is 3.14. The molecule has 0 aromatic carbocycles. The first-order valence-corrected chi connectivity index (χ1v) is 7.30. The number of amides is 1. The third-order valence-electron chi connectivity index (χ3n) is 3.24. The summed E-state index contributed by atoms with van der Waals surface area (Å²) in [6.07, 6.45) is 4.16. The van der Waals surface area contributed by atoms with Crippen molar-refractivity contribution in [1.29, 1.82) is 0 Å². The highest BCUT2D eigenvalue weighted by Crippen LogP contribution is 2.08. The van der Waals surface area contributed by atoms with Crippen LogP contribution in [0.15, 0.2) is 18.6 Å². The number of methoxy groups -OCH3 is 1. The third-order valence-corrected chi connectivity index (χ3v) is 3.24. The number of carbonyl (C=O) groups is 1. The van der Waals surface area contributed by atoms with Gasteiger partial charge >= 0.3 is 0 Å². The number of aryl methyl sites for hydroxylation is 1. The Bertz CT molecular complexity index is 604. The first-order valence-electron chi connectivity index (χ1n) is 7.30. The lowest BCUT2D eigenvalue weighted by Crippen LogP contribution is -2.27. The van der Waals surface area contributed by atoms with Crippen LogP contribution in [0, 0.1) is 0 Å². The van der Waals surface area contributed by atoms with Crippen molar-refractivity contribution in [1.82, 2.24) is 29.9 Å². The van der Waals surface area contributed by atoms with Crippen molar-refractivity contribution in [2.45, 2.75) is 39.4 Å². The highest BCUT2D eigenvalue weighted by Gasteiger charge is 2.14. The van der Waals surface area contributed by atoms with Gasteiger partial charge in [0.2, 0.25) is 0 Å². The van der Waals surface area contributed by atoms with Crippen LogP contribution in [0.25, 0.3) is 0 Å². The van der Waals surface area contributed by atoms with E-state index in [1.54, 1.807) is 30.4 Å². The molecule has 2 heterocycles. The third kappa shape index (κ3) is 3.91. The van der Waals surface area contributed by atoms with Gasteiger partial charge in [0, 0.05) is 32.5 Å². The standard InChI is InChI=1S/C14H22N6O2/c1-11(2)20-12(5-6-17-20)14(21)15-9-13-18-16-10-19(13)7-4-8-22-3/h5-6,10-11H,4,7-9H2,1-3H3,(H,15,21). The van der Waals surface area contributed by atoms with E-state index in [1.165, 1.54) is 0 Å². The van der Waals surface area contributed by atoms with E-state index in [0.717, 1.165) is 18.8 Å². The molecule has 0 bridgehead atoms. The quantitative estimate of drug-likeness (QED) is 0.736. The van der Waals surface area contributed by atoms with Gasteiger partial charge in [0.05, 0.1) is 6.54 Å². The summed E-state index contributed by atoms with van der Waals surface area (Å²) >= 11 is 0. The van der Waals surface area contributed by atoms with Crippen LogP contribution in [-0.4, -0.2) is 44.2 Å². The molecule has 2 aromatic rings. The number of hydrogen-bond acceptors (Lipinski definition) is 5. The van der Waals surface area contributed by atoms with E-state index in [0.29, 0.717) is 18.8 Å². The number of nitrogens with zero attached hydrogens (tertiary/aromatic N) is 5. The Morgan fingerprint density at radius 3 is 3.00 bits per heavy atom. The minimum atomic E-state index is -0.169. The van der Waals surface area contributed by atoms with Crippen molar-refractivity contribution < 1.29 is 9.53 Å². The Labute approximate surface area is 129 Å². The van der Waals surface area contributed by atoms with Gasteiger partial charge < -0.3 is 14.6 Å². The molecule has 0 aliphatic carbocycles.